The summed E-state index contributed by atoms with van der Waals surface area (Å²) in [7, 11) is 0. The van der Waals surface area contributed by atoms with Crippen molar-refractivity contribution in [3.8, 4) is 5.88 Å². The molecule has 0 radical (unpaired) electrons. The molecule has 0 aliphatic carbocycles. The van der Waals surface area contributed by atoms with E-state index >= 15 is 0 Å². The van der Waals surface area contributed by atoms with E-state index in [-0.39, 0.29) is 6.07 Å². The van der Waals surface area contributed by atoms with Crippen molar-refractivity contribution in [2.75, 3.05) is 0 Å². The minimum atomic E-state index is -5.44. The lowest BCUT2D eigenvalue weighted by Crippen LogP contribution is -2.22. The van der Waals surface area contributed by atoms with Crippen LogP contribution in [0.3, 0.4) is 0 Å². The number of ether oxygens (including phenoxy) is 1. The summed E-state index contributed by atoms with van der Waals surface area (Å²) in [5, 5.41) is 8.52. The number of aliphatic hydroxyl groups excluding tert-OH is 1. The lowest BCUT2D eigenvalue weighted by Gasteiger charge is -2.15. The molecule has 0 aliphatic heterocycles. The Kier molecular flexibility index (Phi) is 3.70. The molecule has 1 rings (SSSR count). The van der Waals surface area contributed by atoms with Crippen LogP contribution in [0.15, 0.2) is 6.07 Å². The number of hydrogen-bond acceptors (Lipinski definition) is 3. The Labute approximate surface area is 94.8 Å². The van der Waals surface area contributed by atoms with E-state index in [9.17, 15) is 30.7 Å². The molecule has 0 saturated heterocycles. The fraction of sp³-hybridized carbons (Fsp3) is 0.375. The highest BCUT2D eigenvalue weighted by atomic mass is 19.4. The van der Waals surface area contributed by atoms with Crippen LogP contribution in [0.4, 0.5) is 30.7 Å². The molecule has 1 aromatic heterocycles. The lowest BCUT2D eigenvalue weighted by molar-refractivity contribution is -0.278. The Bertz CT molecular complexity index is 440. The first-order valence-electron chi connectivity index (χ1n) is 4.18. The van der Waals surface area contributed by atoms with Crippen molar-refractivity contribution in [2.45, 2.75) is 19.1 Å². The molecule has 0 amide bonds. The van der Waals surface area contributed by atoms with Gasteiger partial charge < -0.3 is 9.84 Å². The number of halogens is 7. The van der Waals surface area contributed by atoms with Gasteiger partial charge >= 0.3 is 12.5 Å². The van der Waals surface area contributed by atoms with Crippen molar-refractivity contribution >= 4 is 0 Å². The summed E-state index contributed by atoms with van der Waals surface area (Å²) in [4.78, 5) is 2.41. The van der Waals surface area contributed by atoms with Crippen molar-refractivity contribution in [1.29, 1.82) is 0 Å². The first-order valence-corrected chi connectivity index (χ1v) is 4.18. The number of nitrogens with zero attached hydrogens (tertiary/aromatic N) is 1. The third-order valence-corrected chi connectivity index (χ3v) is 1.70. The van der Waals surface area contributed by atoms with Gasteiger partial charge in [0.15, 0.2) is 0 Å². The summed E-state index contributed by atoms with van der Waals surface area (Å²) in [6.45, 7) is -1.14. The molecule has 0 unspecified atom stereocenters. The minimum Gasteiger partial charge on any atom is -0.392 e. The van der Waals surface area contributed by atoms with Gasteiger partial charge in [-0.25, -0.2) is 0 Å². The Balaban J connectivity index is 3.35. The van der Waals surface area contributed by atoms with E-state index in [1.165, 1.54) is 0 Å². The molecule has 1 aromatic rings. The topological polar surface area (TPSA) is 42.4 Å². The quantitative estimate of drug-likeness (QED) is 0.668. The van der Waals surface area contributed by atoms with Crippen molar-refractivity contribution < 1.29 is 40.6 Å². The molecule has 0 fully saturated rings. The molecule has 0 bridgehead atoms. The molecular weight excluding hydrogens is 275 g/mol. The SMILES string of the molecule is OCc1cc(C(F)(F)F)c(OC(F)(F)F)nc1F. The van der Waals surface area contributed by atoms with Crippen LogP contribution in [0.25, 0.3) is 0 Å². The van der Waals surface area contributed by atoms with Gasteiger partial charge in [-0.2, -0.15) is 22.5 Å². The molecule has 102 valence electrons. The normalized spacial score (nSPS) is 12.7. The molecule has 10 heteroatoms. The summed E-state index contributed by atoms with van der Waals surface area (Å²) in [5.74, 6) is -3.63. The van der Waals surface area contributed by atoms with E-state index in [1.807, 2.05) is 0 Å². The zero-order valence-electron chi connectivity index (χ0n) is 8.23. The van der Waals surface area contributed by atoms with Crippen LogP contribution >= 0.6 is 0 Å². The monoisotopic (exact) mass is 279 g/mol. The molecule has 0 aromatic carbocycles. The number of pyridine rings is 1. The van der Waals surface area contributed by atoms with Gasteiger partial charge in [0, 0.05) is 5.56 Å². The number of rotatable bonds is 2. The van der Waals surface area contributed by atoms with Crippen molar-refractivity contribution in [3.63, 3.8) is 0 Å². The van der Waals surface area contributed by atoms with Gasteiger partial charge in [0.2, 0.25) is 11.8 Å². The van der Waals surface area contributed by atoms with E-state index in [1.54, 1.807) is 0 Å². The summed E-state index contributed by atoms with van der Waals surface area (Å²) >= 11 is 0. The fourth-order valence-corrected chi connectivity index (χ4v) is 1.02. The van der Waals surface area contributed by atoms with Crippen LogP contribution in [-0.4, -0.2) is 16.5 Å². The van der Waals surface area contributed by atoms with Gasteiger partial charge in [0.1, 0.15) is 5.56 Å². The molecule has 0 spiro atoms. The van der Waals surface area contributed by atoms with E-state index < -0.39 is 42.1 Å². The molecule has 1 N–H and O–H groups in total. The predicted octanol–water partition coefficient (Wildman–Crippen LogP) is 2.63. The second kappa shape index (κ2) is 4.59. The van der Waals surface area contributed by atoms with Gasteiger partial charge in [0.25, 0.3) is 0 Å². The van der Waals surface area contributed by atoms with E-state index in [0.29, 0.717) is 0 Å². The van der Waals surface area contributed by atoms with Crippen molar-refractivity contribution in [2.24, 2.45) is 0 Å². The van der Waals surface area contributed by atoms with E-state index in [2.05, 4.69) is 9.72 Å². The standard InChI is InChI=1S/C8H4F7NO2/c9-5-3(2-17)1-4(7(10,11)12)6(16-5)18-8(13,14)15/h1,17H,2H2. The third-order valence-electron chi connectivity index (χ3n) is 1.70. The highest BCUT2D eigenvalue weighted by molar-refractivity contribution is 5.33. The smallest absolute Gasteiger partial charge is 0.392 e. The third kappa shape index (κ3) is 3.45. The van der Waals surface area contributed by atoms with Crippen LogP contribution in [0.1, 0.15) is 11.1 Å². The van der Waals surface area contributed by atoms with Crippen LogP contribution in [0, 0.1) is 5.95 Å². The molecule has 0 atom stereocenters. The Morgan fingerprint density at radius 2 is 1.72 bits per heavy atom. The fourth-order valence-electron chi connectivity index (χ4n) is 1.02. The van der Waals surface area contributed by atoms with Crippen molar-refractivity contribution in [3.05, 3.63) is 23.1 Å². The van der Waals surface area contributed by atoms with Crippen molar-refractivity contribution in [1.82, 2.24) is 4.98 Å². The zero-order valence-corrected chi connectivity index (χ0v) is 8.23. The summed E-state index contributed by atoms with van der Waals surface area (Å²) in [5.41, 5.74) is -2.82. The maximum absolute atomic E-state index is 12.9. The van der Waals surface area contributed by atoms with Crippen LogP contribution < -0.4 is 4.74 Å². The average Bonchev–Trinajstić information content (AvgIpc) is 2.13. The number of hydrogen-bond donors (Lipinski definition) is 1. The maximum atomic E-state index is 12.9. The molecule has 1 heterocycles. The number of aromatic nitrogens is 1. The minimum absolute atomic E-state index is 0.00338. The van der Waals surface area contributed by atoms with Gasteiger partial charge in [-0.15, -0.1) is 13.2 Å². The van der Waals surface area contributed by atoms with Crippen LogP contribution in [0.5, 0.6) is 5.88 Å². The van der Waals surface area contributed by atoms with E-state index in [0.717, 1.165) is 0 Å². The van der Waals surface area contributed by atoms with Gasteiger partial charge in [-0.05, 0) is 6.07 Å². The van der Waals surface area contributed by atoms with Gasteiger partial charge in [0.05, 0.1) is 6.61 Å². The van der Waals surface area contributed by atoms with Crippen LogP contribution in [0.2, 0.25) is 0 Å². The molecule has 3 nitrogen and oxygen atoms in total. The Morgan fingerprint density at radius 3 is 2.11 bits per heavy atom. The van der Waals surface area contributed by atoms with Crippen LogP contribution in [-0.2, 0) is 12.8 Å². The Hall–Kier alpha value is -1.58. The van der Waals surface area contributed by atoms with E-state index in [4.69, 9.17) is 5.11 Å². The highest BCUT2D eigenvalue weighted by Gasteiger charge is 2.41. The summed E-state index contributed by atoms with van der Waals surface area (Å²) in [6, 6.07) is 0.00338. The summed E-state index contributed by atoms with van der Waals surface area (Å²) in [6.07, 6.45) is -10.7. The lowest BCUT2D eigenvalue weighted by atomic mass is 10.2. The number of alkyl halides is 6. The second-order valence-electron chi connectivity index (χ2n) is 2.99. The largest absolute Gasteiger partial charge is 0.574 e. The van der Waals surface area contributed by atoms with Gasteiger partial charge in [-0.1, -0.05) is 0 Å². The molecule has 18 heavy (non-hydrogen) atoms. The maximum Gasteiger partial charge on any atom is 0.574 e. The zero-order chi connectivity index (χ0) is 14.1. The number of aliphatic hydroxyl groups is 1. The predicted molar refractivity (Wildman–Crippen MR) is 41.8 cm³/mol. The molecular formula is C8H4F7NO2. The highest BCUT2D eigenvalue weighted by Crippen LogP contribution is 2.38. The first kappa shape index (κ1) is 14.5. The van der Waals surface area contributed by atoms with Gasteiger partial charge in [-0.3, -0.25) is 0 Å². The molecule has 0 aliphatic rings. The average molecular weight is 279 g/mol. The molecule has 0 saturated carbocycles. The second-order valence-corrected chi connectivity index (χ2v) is 2.99. The summed E-state index contributed by atoms with van der Waals surface area (Å²) < 4.78 is 88.5. The first-order chi connectivity index (χ1) is 8.04. The Morgan fingerprint density at radius 1 is 1.17 bits per heavy atom.